The Morgan fingerprint density at radius 2 is 2.00 bits per heavy atom. The number of carbonyl (C=O) groups excluding carboxylic acids is 1. The maximum atomic E-state index is 10.2. The highest BCUT2D eigenvalue weighted by molar-refractivity contribution is 5.76. The summed E-state index contributed by atoms with van der Waals surface area (Å²) in [5.74, 6) is -2.44. The number of hydrogen-bond acceptors (Lipinski definition) is 4. The van der Waals surface area contributed by atoms with Crippen LogP contribution in [0.3, 0.4) is 0 Å². The lowest BCUT2D eigenvalue weighted by atomic mass is 10.2. The Morgan fingerprint density at radius 3 is 2.33 bits per heavy atom. The molecule has 0 saturated carbocycles. The predicted octanol–water partition coefficient (Wildman–Crippen LogP) is -0.360. The monoisotopic (exact) mass is 173 g/mol. The van der Waals surface area contributed by atoms with Crippen molar-refractivity contribution in [2.75, 3.05) is 0 Å². The topological polar surface area (TPSA) is 104 Å². The molecule has 0 aliphatic carbocycles. The molecule has 0 amide bonds. The fourth-order valence-corrected chi connectivity index (χ4v) is 0.567. The summed E-state index contributed by atoms with van der Waals surface area (Å²) in [4.78, 5) is 32.8. The van der Waals surface area contributed by atoms with Crippen molar-refractivity contribution in [2.24, 2.45) is 4.99 Å². The number of carboxylic acid groups (broad SMARTS) is 2. The molecule has 0 radical (unpaired) electrons. The Hall–Kier alpha value is -1.68. The van der Waals surface area contributed by atoms with Gasteiger partial charge in [0.1, 0.15) is 0 Å². The number of rotatable bonds is 5. The lowest BCUT2D eigenvalue weighted by Crippen LogP contribution is -2.18. The summed E-state index contributed by atoms with van der Waals surface area (Å²) in [7, 11) is 0. The van der Waals surface area contributed by atoms with E-state index in [-0.39, 0.29) is 12.8 Å². The summed E-state index contributed by atoms with van der Waals surface area (Å²) in [6.45, 7) is 0. The minimum atomic E-state index is -1.32. The molecule has 66 valence electrons. The maximum Gasteiger partial charge on any atom is 0.329 e. The van der Waals surface area contributed by atoms with Crippen molar-refractivity contribution in [3.63, 3.8) is 0 Å². The van der Waals surface area contributed by atoms with Crippen molar-refractivity contribution in [2.45, 2.75) is 18.9 Å². The number of isocyanates is 1. The summed E-state index contributed by atoms with van der Waals surface area (Å²) in [5.41, 5.74) is 0. The van der Waals surface area contributed by atoms with Gasteiger partial charge in [0, 0.05) is 6.42 Å². The molecule has 0 fully saturated rings. The van der Waals surface area contributed by atoms with Crippen LogP contribution in [0, 0.1) is 0 Å². The third-order valence-electron chi connectivity index (χ3n) is 1.13. The van der Waals surface area contributed by atoms with Crippen LogP contribution in [-0.2, 0) is 14.4 Å². The molecule has 0 spiro atoms. The molecule has 6 nitrogen and oxygen atoms in total. The quantitative estimate of drug-likeness (QED) is 0.436. The van der Waals surface area contributed by atoms with Crippen LogP contribution in [-0.4, -0.2) is 34.3 Å². The summed E-state index contributed by atoms with van der Waals surface area (Å²) in [6.07, 6.45) is 0.548. The summed E-state index contributed by atoms with van der Waals surface area (Å²) >= 11 is 0. The second-order valence-corrected chi connectivity index (χ2v) is 2.01. The number of hydrogen-bond donors (Lipinski definition) is 2. The summed E-state index contributed by atoms with van der Waals surface area (Å²) in [5, 5.41) is 16.5. The highest BCUT2D eigenvalue weighted by atomic mass is 16.4. The van der Waals surface area contributed by atoms with Crippen LogP contribution in [0.1, 0.15) is 12.8 Å². The third-order valence-corrected chi connectivity index (χ3v) is 1.13. The molecule has 0 bridgehead atoms. The van der Waals surface area contributed by atoms with Gasteiger partial charge in [-0.2, -0.15) is 4.99 Å². The molecule has 0 aromatic carbocycles. The van der Waals surface area contributed by atoms with Gasteiger partial charge in [-0.25, -0.2) is 9.59 Å². The molecule has 2 N–H and O–H groups in total. The number of carboxylic acids is 2. The van der Waals surface area contributed by atoms with Gasteiger partial charge >= 0.3 is 11.9 Å². The number of aliphatic carboxylic acids is 2. The van der Waals surface area contributed by atoms with E-state index >= 15 is 0 Å². The fraction of sp³-hybridized carbons (Fsp3) is 0.500. The summed E-state index contributed by atoms with van der Waals surface area (Å²) in [6, 6.07) is -1.29. The smallest absolute Gasteiger partial charge is 0.329 e. The van der Waals surface area contributed by atoms with Crippen LogP contribution in [0.15, 0.2) is 4.99 Å². The fourth-order valence-electron chi connectivity index (χ4n) is 0.567. The zero-order valence-corrected chi connectivity index (χ0v) is 6.06. The van der Waals surface area contributed by atoms with E-state index in [0.29, 0.717) is 0 Å². The molecule has 6 heteroatoms. The Labute approximate surface area is 67.5 Å². The van der Waals surface area contributed by atoms with E-state index in [4.69, 9.17) is 10.2 Å². The van der Waals surface area contributed by atoms with Crippen molar-refractivity contribution in [3.8, 4) is 0 Å². The third kappa shape index (κ3) is 4.19. The van der Waals surface area contributed by atoms with Crippen molar-refractivity contribution in [1.82, 2.24) is 0 Å². The van der Waals surface area contributed by atoms with Gasteiger partial charge in [-0.05, 0) is 6.42 Å². The van der Waals surface area contributed by atoms with Gasteiger partial charge < -0.3 is 10.2 Å². The molecule has 0 aliphatic heterocycles. The maximum absolute atomic E-state index is 10.2. The van der Waals surface area contributed by atoms with Crippen molar-refractivity contribution in [3.05, 3.63) is 0 Å². The lowest BCUT2D eigenvalue weighted by molar-refractivity contribution is -0.139. The first kappa shape index (κ1) is 10.3. The molecule has 12 heavy (non-hydrogen) atoms. The molecule has 0 aromatic rings. The van der Waals surface area contributed by atoms with Crippen LogP contribution < -0.4 is 0 Å². The first-order chi connectivity index (χ1) is 5.57. The van der Waals surface area contributed by atoms with Gasteiger partial charge in [0.25, 0.3) is 0 Å². The van der Waals surface area contributed by atoms with Crippen LogP contribution in [0.5, 0.6) is 0 Å². The Bertz CT molecular complexity index is 228. The van der Waals surface area contributed by atoms with E-state index in [2.05, 4.69) is 4.99 Å². The Balaban J connectivity index is 4.05. The standard InChI is InChI=1S/C6H7NO5/c8-3-7-4(6(11)12)1-2-5(9)10/h4H,1-2H2,(H,9,10)(H,11,12). The van der Waals surface area contributed by atoms with E-state index in [1.54, 1.807) is 0 Å². The highest BCUT2D eigenvalue weighted by Gasteiger charge is 2.16. The average molecular weight is 173 g/mol. The molecular formula is C6H7NO5. The minimum Gasteiger partial charge on any atom is -0.481 e. The van der Waals surface area contributed by atoms with E-state index in [1.807, 2.05) is 0 Å². The van der Waals surface area contributed by atoms with Crippen molar-refractivity contribution in [1.29, 1.82) is 0 Å². The van der Waals surface area contributed by atoms with Crippen LogP contribution >= 0.6 is 0 Å². The predicted molar refractivity (Wildman–Crippen MR) is 36.4 cm³/mol. The number of aliphatic imine (C=N–C) groups is 1. The number of carbonyl (C=O) groups is 2. The van der Waals surface area contributed by atoms with E-state index < -0.39 is 18.0 Å². The molecular weight excluding hydrogens is 166 g/mol. The van der Waals surface area contributed by atoms with E-state index in [1.165, 1.54) is 0 Å². The second kappa shape index (κ2) is 5.03. The Kier molecular flexibility index (Phi) is 4.33. The van der Waals surface area contributed by atoms with Gasteiger partial charge in [-0.1, -0.05) is 0 Å². The van der Waals surface area contributed by atoms with Gasteiger partial charge in [0.05, 0.1) is 0 Å². The van der Waals surface area contributed by atoms with Crippen LogP contribution in [0.2, 0.25) is 0 Å². The van der Waals surface area contributed by atoms with E-state index in [9.17, 15) is 14.4 Å². The van der Waals surface area contributed by atoms with Crippen LogP contribution in [0.25, 0.3) is 0 Å². The normalized spacial score (nSPS) is 11.3. The molecule has 0 heterocycles. The van der Waals surface area contributed by atoms with Crippen molar-refractivity contribution < 1.29 is 24.6 Å². The first-order valence-electron chi connectivity index (χ1n) is 3.09. The minimum absolute atomic E-state index is 0.195. The SMILES string of the molecule is O=C=NC(CCC(=O)O)C(=O)O. The van der Waals surface area contributed by atoms with Crippen LogP contribution in [0.4, 0.5) is 0 Å². The zero-order valence-electron chi connectivity index (χ0n) is 6.06. The van der Waals surface area contributed by atoms with Crippen molar-refractivity contribution >= 4 is 18.0 Å². The Morgan fingerprint density at radius 1 is 1.42 bits per heavy atom. The van der Waals surface area contributed by atoms with Gasteiger partial charge in [-0.15, -0.1) is 0 Å². The molecule has 0 aliphatic rings. The van der Waals surface area contributed by atoms with Gasteiger partial charge in [0.15, 0.2) is 6.04 Å². The van der Waals surface area contributed by atoms with E-state index in [0.717, 1.165) is 6.08 Å². The molecule has 0 saturated heterocycles. The lowest BCUT2D eigenvalue weighted by Gasteiger charge is -2.00. The first-order valence-corrected chi connectivity index (χ1v) is 3.09. The molecule has 1 atom stereocenters. The highest BCUT2D eigenvalue weighted by Crippen LogP contribution is 2.01. The second-order valence-electron chi connectivity index (χ2n) is 2.01. The van der Waals surface area contributed by atoms with Gasteiger partial charge in [-0.3, -0.25) is 4.79 Å². The number of nitrogens with zero attached hydrogens (tertiary/aromatic N) is 1. The molecule has 1 unspecified atom stereocenters. The largest absolute Gasteiger partial charge is 0.481 e. The summed E-state index contributed by atoms with van der Waals surface area (Å²) < 4.78 is 0. The molecule has 0 aromatic heterocycles. The molecule has 0 rings (SSSR count). The average Bonchev–Trinajstić information content (AvgIpc) is 1.96. The van der Waals surface area contributed by atoms with Gasteiger partial charge in [0.2, 0.25) is 6.08 Å². The zero-order chi connectivity index (χ0) is 9.56.